The van der Waals surface area contributed by atoms with Crippen molar-refractivity contribution < 1.29 is 9.59 Å². The standard InChI is InChI=1S/C6H10O2S/c1-3-9-6(4-7)5(2)8/h4,6H,3H2,1-2H3. The van der Waals surface area contributed by atoms with E-state index in [1.54, 1.807) is 0 Å². The summed E-state index contributed by atoms with van der Waals surface area (Å²) in [7, 11) is 0. The van der Waals surface area contributed by atoms with E-state index in [1.807, 2.05) is 6.92 Å². The fourth-order valence-electron chi connectivity index (χ4n) is 0.432. The van der Waals surface area contributed by atoms with Crippen molar-refractivity contribution >= 4 is 23.8 Å². The molecule has 0 saturated heterocycles. The minimum atomic E-state index is -0.435. The second-order valence-electron chi connectivity index (χ2n) is 1.62. The van der Waals surface area contributed by atoms with Crippen molar-refractivity contribution in [1.29, 1.82) is 0 Å². The molecule has 9 heavy (non-hydrogen) atoms. The van der Waals surface area contributed by atoms with Gasteiger partial charge in [-0.2, -0.15) is 0 Å². The van der Waals surface area contributed by atoms with Crippen molar-refractivity contribution in [3.05, 3.63) is 0 Å². The average molecular weight is 146 g/mol. The lowest BCUT2D eigenvalue weighted by molar-refractivity contribution is -0.119. The van der Waals surface area contributed by atoms with Crippen LogP contribution in [0.25, 0.3) is 0 Å². The van der Waals surface area contributed by atoms with Crippen molar-refractivity contribution in [2.24, 2.45) is 0 Å². The van der Waals surface area contributed by atoms with Crippen LogP contribution in [0.4, 0.5) is 0 Å². The monoisotopic (exact) mass is 146 g/mol. The molecular formula is C6H10O2S. The molecule has 0 N–H and O–H groups in total. The number of thioether (sulfide) groups is 1. The third-order valence-electron chi connectivity index (χ3n) is 0.870. The molecule has 1 unspecified atom stereocenters. The normalized spacial score (nSPS) is 12.7. The highest BCUT2D eigenvalue weighted by molar-refractivity contribution is 8.01. The van der Waals surface area contributed by atoms with Crippen LogP contribution in [0, 0.1) is 0 Å². The van der Waals surface area contributed by atoms with Gasteiger partial charge in [0.15, 0.2) is 0 Å². The molecule has 0 saturated carbocycles. The van der Waals surface area contributed by atoms with Gasteiger partial charge in [0.2, 0.25) is 0 Å². The van der Waals surface area contributed by atoms with E-state index in [2.05, 4.69) is 0 Å². The van der Waals surface area contributed by atoms with Gasteiger partial charge >= 0.3 is 0 Å². The van der Waals surface area contributed by atoms with Crippen LogP contribution >= 0.6 is 11.8 Å². The Morgan fingerprint density at radius 1 is 1.78 bits per heavy atom. The summed E-state index contributed by atoms with van der Waals surface area (Å²) in [5, 5.41) is -0.435. The third-order valence-corrected chi connectivity index (χ3v) is 2.01. The quantitative estimate of drug-likeness (QED) is 0.436. The summed E-state index contributed by atoms with van der Waals surface area (Å²) in [5.74, 6) is 0.750. The van der Waals surface area contributed by atoms with Gasteiger partial charge in [0, 0.05) is 0 Å². The van der Waals surface area contributed by atoms with Crippen LogP contribution in [-0.2, 0) is 9.59 Å². The molecule has 52 valence electrons. The summed E-state index contributed by atoms with van der Waals surface area (Å²) < 4.78 is 0. The van der Waals surface area contributed by atoms with E-state index in [4.69, 9.17) is 0 Å². The highest BCUT2D eigenvalue weighted by Gasteiger charge is 2.10. The minimum Gasteiger partial charge on any atom is -0.302 e. The number of hydrogen-bond donors (Lipinski definition) is 0. The topological polar surface area (TPSA) is 34.1 Å². The van der Waals surface area contributed by atoms with Crippen LogP contribution < -0.4 is 0 Å². The molecule has 1 atom stereocenters. The summed E-state index contributed by atoms with van der Waals surface area (Å²) in [6.45, 7) is 3.35. The number of Topliss-reactive ketones (excluding diaryl/α,β-unsaturated/α-hetero) is 1. The molecule has 0 amide bonds. The molecule has 0 bridgehead atoms. The molecule has 2 nitrogen and oxygen atoms in total. The molecule has 0 aliphatic rings. The van der Waals surface area contributed by atoms with Gasteiger partial charge in [-0.1, -0.05) is 6.92 Å². The van der Waals surface area contributed by atoms with Crippen LogP contribution in [-0.4, -0.2) is 23.1 Å². The number of rotatable bonds is 4. The van der Waals surface area contributed by atoms with Gasteiger partial charge in [-0.25, -0.2) is 0 Å². The van der Waals surface area contributed by atoms with Gasteiger partial charge < -0.3 is 4.79 Å². The lowest BCUT2D eigenvalue weighted by Crippen LogP contribution is -2.14. The highest BCUT2D eigenvalue weighted by atomic mass is 32.2. The first-order valence-corrected chi connectivity index (χ1v) is 3.84. The van der Waals surface area contributed by atoms with E-state index < -0.39 is 5.25 Å². The zero-order valence-electron chi connectivity index (χ0n) is 5.59. The maximum atomic E-state index is 10.5. The molecule has 0 aromatic carbocycles. The first-order chi connectivity index (χ1) is 4.22. The summed E-state index contributed by atoms with van der Waals surface area (Å²) in [5.41, 5.74) is 0. The van der Waals surface area contributed by atoms with Gasteiger partial charge in [0.1, 0.15) is 17.3 Å². The lowest BCUT2D eigenvalue weighted by atomic mass is 10.3. The Morgan fingerprint density at radius 3 is 2.44 bits per heavy atom. The Hall–Kier alpha value is -0.310. The molecule has 0 aliphatic carbocycles. The zero-order valence-corrected chi connectivity index (χ0v) is 6.40. The average Bonchev–Trinajstić information content (AvgIpc) is 1.82. The van der Waals surface area contributed by atoms with Crippen molar-refractivity contribution in [2.45, 2.75) is 19.1 Å². The molecule has 0 radical (unpaired) electrons. The van der Waals surface area contributed by atoms with Crippen LogP contribution in [0.5, 0.6) is 0 Å². The number of aldehydes is 1. The van der Waals surface area contributed by atoms with E-state index in [0.717, 1.165) is 5.75 Å². The molecule has 0 heterocycles. The SMILES string of the molecule is CCSC(C=O)C(C)=O. The number of hydrogen-bond acceptors (Lipinski definition) is 3. The molecule has 0 aliphatic heterocycles. The summed E-state index contributed by atoms with van der Waals surface area (Å²) in [6.07, 6.45) is 0.691. The van der Waals surface area contributed by atoms with Crippen LogP contribution in [0.3, 0.4) is 0 Å². The van der Waals surface area contributed by atoms with E-state index in [0.29, 0.717) is 6.29 Å². The highest BCUT2D eigenvalue weighted by Crippen LogP contribution is 2.07. The Morgan fingerprint density at radius 2 is 2.33 bits per heavy atom. The van der Waals surface area contributed by atoms with Crippen molar-refractivity contribution in [3.63, 3.8) is 0 Å². The van der Waals surface area contributed by atoms with Crippen LogP contribution in [0.15, 0.2) is 0 Å². The third kappa shape index (κ3) is 3.30. The molecule has 0 fully saturated rings. The summed E-state index contributed by atoms with van der Waals surface area (Å²) in [6, 6.07) is 0. The second kappa shape index (κ2) is 4.56. The summed E-state index contributed by atoms with van der Waals surface area (Å²) >= 11 is 1.37. The zero-order chi connectivity index (χ0) is 7.28. The van der Waals surface area contributed by atoms with E-state index in [-0.39, 0.29) is 5.78 Å². The maximum absolute atomic E-state index is 10.5. The van der Waals surface area contributed by atoms with E-state index in [9.17, 15) is 9.59 Å². The smallest absolute Gasteiger partial charge is 0.149 e. The number of ketones is 1. The predicted octanol–water partition coefficient (Wildman–Crippen LogP) is 0.896. The summed E-state index contributed by atoms with van der Waals surface area (Å²) in [4.78, 5) is 20.6. The minimum absolute atomic E-state index is 0.0585. The lowest BCUT2D eigenvalue weighted by Gasteiger charge is -2.00. The molecule has 0 aromatic rings. The fourth-order valence-corrected chi connectivity index (χ4v) is 1.10. The van der Waals surface area contributed by atoms with E-state index in [1.165, 1.54) is 18.7 Å². The Labute approximate surface area is 59.0 Å². The first-order valence-electron chi connectivity index (χ1n) is 2.79. The van der Waals surface area contributed by atoms with Crippen molar-refractivity contribution in [3.8, 4) is 0 Å². The molecule has 0 rings (SSSR count). The number of carbonyl (C=O) groups is 2. The number of carbonyl (C=O) groups excluding carboxylic acids is 2. The van der Waals surface area contributed by atoms with E-state index >= 15 is 0 Å². The maximum Gasteiger partial charge on any atom is 0.149 e. The molecule has 0 spiro atoms. The first kappa shape index (κ1) is 8.69. The van der Waals surface area contributed by atoms with Crippen molar-refractivity contribution in [2.75, 3.05) is 5.75 Å². The Kier molecular flexibility index (Phi) is 4.40. The van der Waals surface area contributed by atoms with Gasteiger partial charge in [-0.3, -0.25) is 4.79 Å². The van der Waals surface area contributed by atoms with Gasteiger partial charge in [0.25, 0.3) is 0 Å². The molecule has 3 heteroatoms. The molecule has 0 aromatic heterocycles. The largest absolute Gasteiger partial charge is 0.302 e. The predicted molar refractivity (Wildman–Crippen MR) is 38.7 cm³/mol. The Bertz CT molecular complexity index is 112. The van der Waals surface area contributed by atoms with Gasteiger partial charge in [-0.05, 0) is 12.7 Å². The Balaban J connectivity index is 3.68. The second-order valence-corrected chi connectivity index (χ2v) is 3.04. The van der Waals surface area contributed by atoms with Crippen LogP contribution in [0.2, 0.25) is 0 Å². The van der Waals surface area contributed by atoms with Gasteiger partial charge in [0.05, 0.1) is 0 Å². The van der Waals surface area contributed by atoms with Gasteiger partial charge in [-0.15, -0.1) is 11.8 Å². The van der Waals surface area contributed by atoms with Crippen molar-refractivity contribution in [1.82, 2.24) is 0 Å². The fraction of sp³-hybridized carbons (Fsp3) is 0.667. The molecular weight excluding hydrogens is 136 g/mol. The van der Waals surface area contributed by atoms with Crippen LogP contribution in [0.1, 0.15) is 13.8 Å².